The second-order valence-corrected chi connectivity index (χ2v) is 2.50. The molecule has 0 heterocycles. The third-order valence-electron chi connectivity index (χ3n) is 1.51. The molecule has 1 N–H and O–H groups in total. The summed E-state index contributed by atoms with van der Waals surface area (Å²) in [5.41, 5.74) is 0. The van der Waals surface area contributed by atoms with E-state index in [2.05, 4.69) is 5.32 Å². The molecular formula is C8H15N3O. The Morgan fingerprint density at radius 3 is 2.83 bits per heavy atom. The van der Waals surface area contributed by atoms with Crippen LogP contribution in [0.25, 0.3) is 0 Å². The van der Waals surface area contributed by atoms with E-state index >= 15 is 0 Å². The predicted molar refractivity (Wildman–Crippen MR) is 46.4 cm³/mol. The maximum absolute atomic E-state index is 11.2. The minimum absolute atomic E-state index is 0.0344. The number of amides is 1. The zero-order valence-corrected chi connectivity index (χ0v) is 7.63. The molecule has 0 unspecified atom stereocenters. The summed E-state index contributed by atoms with van der Waals surface area (Å²) in [6.45, 7) is 3.61. The van der Waals surface area contributed by atoms with E-state index in [1.807, 2.05) is 13.0 Å². The zero-order chi connectivity index (χ0) is 9.40. The Balaban J connectivity index is 3.55. The molecule has 68 valence electrons. The van der Waals surface area contributed by atoms with Crippen molar-refractivity contribution < 1.29 is 4.79 Å². The first-order valence-electron chi connectivity index (χ1n) is 4.04. The highest BCUT2D eigenvalue weighted by atomic mass is 16.2. The molecule has 0 aliphatic rings. The fourth-order valence-corrected chi connectivity index (χ4v) is 0.709. The summed E-state index contributed by atoms with van der Waals surface area (Å²) < 4.78 is 0. The number of hydrogen-bond donors (Lipinski definition) is 1. The Hall–Kier alpha value is -1.08. The van der Waals surface area contributed by atoms with E-state index in [0.29, 0.717) is 19.5 Å². The van der Waals surface area contributed by atoms with Crippen LogP contribution in [0.1, 0.15) is 13.3 Å². The minimum atomic E-state index is 0.0344. The average molecular weight is 169 g/mol. The summed E-state index contributed by atoms with van der Waals surface area (Å²) in [5, 5.41) is 11.2. The van der Waals surface area contributed by atoms with Crippen molar-refractivity contribution in [2.45, 2.75) is 13.3 Å². The van der Waals surface area contributed by atoms with Crippen LogP contribution in [-0.4, -0.2) is 37.5 Å². The molecule has 0 aliphatic carbocycles. The smallest absolute Gasteiger partial charge is 0.236 e. The minimum Gasteiger partial charge on any atom is -0.344 e. The van der Waals surface area contributed by atoms with Crippen molar-refractivity contribution in [2.24, 2.45) is 0 Å². The van der Waals surface area contributed by atoms with E-state index in [9.17, 15) is 4.79 Å². The number of carbonyl (C=O) groups excluding carboxylic acids is 1. The number of nitrogens with one attached hydrogen (secondary N) is 1. The van der Waals surface area contributed by atoms with Crippen molar-refractivity contribution in [3.63, 3.8) is 0 Å². The zero-order valence-electron chi connectivity index (χ0n) is 7.63. The molecular weight excluding hydrogens is 154 g/mol. The van der Waals surface area contributed by atoms with Crippen molar-refractivity contribution in [1.29, 1.82) is 5.26 Å². The molecule has 0 aromatic rings. The highest BCUT2D eigenvalue weighted by Gasteiger charge is 2.05. The van der Waals surface area contributed by atoms with E-state index in [0.717, 1.165) is 6.54 Å². The summed E-state index contributed by atoms with van der Waals surface area (Å²) in [4.78, 5) is 12.7. The van der Waals surface area contributed by atoms with Gasteiger partial charge in [-0.1, -0.05) is 6.92 Å². The van der Waals surface area contributed by atoms with Crippen LogP contribution in [0.4, 0.5) is 0 Å². The van der Waals surface area contributed by atoms with Gasteiger partial charge in [0, 0.05) is 13.6 Å². The van der Waals surface area contributed by atoms with Gasteiger partial charge in [0.05, 0.1) is 19.0 Å². The van der Waals surface area contributed by atoms with Gasteiger partial charge in [-0.05, 0) is 6.54 Å². The lowest BCUT2D eigenvalue weighted by atomic mass is 10.4. The maximum Gasteiger partial charge on any atom is 0.236 e. The lowest BCUT2D eigenvalue weighted by Gasteiger charge is -2.14. The second-order valence-electron chi connectivity index (χ2n) is 2.50. The van der Waals surface area contributed by atoms with Gasteiger partial charge in [-0.2, -0.15) is 5.26 Å². The van der Waals surface area contributed by atoms with Crippen molar-refractivity contribution in [3.05, 3.63) is 0 Å². The van der Waals surface area contributed by atoms with Gasteiger partial charge in [0.2, 0.25) is 5.91 Å². The number of rotatable bonds is 5. The van der Waals surface area contributed by atoms with Gasteiger partial charge in [-0.25, -0.2) is 0 Å². The summed E-state index contributed by atoms with van der Waals surface area (Å²) in [7, 11) is 1.71. The molecule has 0 saturated carbocycles. The van der Waals surface area contributed by atoms with Gasteiger partial charge >= 0.3 is 0 Å². The van der Waals surface area contributed by atoms with E-state index < -0.39 is 0 Å². The van der Waals surface area contributed by atoms with Crippen LogP contribution in [0.5, 0.6) is 0 Å². The second kappa shape index (κ2) is 6.62. The molecule has 0 aromatic carbocycles. The van der Waals surface area contributed by atoms with Crippen LogP contribution in [0.15, 0.2) is 0 Å². The maximum atomic E-state index is 11.2. The van der Waals surface area contributed by atoms with Crippen LogP contribution in [0, 0.1) is 11.3 Å². The molecule has 0 aliphatic heterocycles. The van der Waals surface area contributed by atoms with Crippen molar-refractivity contribution in [1.82, 2.24) is 10.2 Å². The molecule has 0 rings (SSSR count). The van der Waals surface area contributed by atoms with Crippen molar-refractivity contribution in [3.8, 4) is 6.07 Å². The van der Waals surface area contributed by atoms with Crippen molar-refractivity contribution >= 4 is 5.91 Å². The van der Waals surface area contributed by atoms with E-state index in [1.165, 1.54) is 0 Å². The lowest BCUT2D eigenvalue weighted by molar-refractivity contribution is -0.128. The van der Waals surface area contributed by atoms with Crippen LogP contribution >= 0.6 is 0 Å². The number of carbonyl (C=O) groups is 1. The van der Waals surface area contributed by atoms with Crippen LogP contribution in [0.2, 0.25) is 0 Å². The summed E-state index contributed by atoms with van der Waals surface area (Å²) >= 11 is 0. The van der Waals surface area contributed by atoms with Gasteiger partial charge in [0.25, 0.3) is 0 Å². The highest BCUT2D eigenvalue weighted by molar-refractivity contribution is 5.77. The average Bonchev–Trinajstić information content (AvgIpc) is 2.10. The quantitative estimate of drug-likeness (QED) is 0.628. The first kappa shape index (κ1) is 10.9. The molecule has 0 aromatic heterocycles. The van der Waals surface area contributed by atoms with Crippen LogP contribution in [0.3, 0.4) is 0 Å². The molecule has 0 bridgehead atoms. The van der Waals surface area contributed by atoms with Gasteiger partial charge in [-0.15, -0.1) is 0 Å². The third kappa shape index (κ3) is 4.69. The number of hydrogen-bond acceptors (Lipinski definition) is 3. The molecule has 0 fully saturated rings. The molecule has 0 spiro atoms. The molecule has 4 heteroatoms. The van der Waals surface area contributed by atoms with Crippen LogP contribution in [-0.2, 0) is 4.79 Å². The number of likely N-dealkylation sites (N-methyl/N-ethyl adjacent to an activating group) is 2. The topological polar surface area (TPSA) is 56.1 Å². The summed E-state index contributed by atoms with van der Waals surface area (Å²) in [6, 6.07) is 2.00. The SMILES string of the molecule is CCNCC(=O)N(C)CCC#N. The highest BCUT2D eigenvalue weighted by Crippen LogP contribution is 1.86. The first-order valence-corrected chi connectivity index (χ1v) is 4.04. The van der Waals surface area contributed by atoms with Gasteiger partial charge < -0.3 is 10.2 Å². The van der Waals surface area contributed by atoms with Crippen LogP contribution < -0.4 is 5.32 Å². The standard InChI is InChI=1S/C8H15N3O/c1-3-10-7-8(12)11(2)6-4-5-9/h10H,3-4,6-7H2,1-2H3. The number of nitrogens with zero attached hydrogens (tertiary/aromatic N) is 2. The fraction of sp³-hybridized carbons (Fsp3) is 0.750. The van der Waals surface area contributed by atoms with Gasteiger partial charge in [-0.3, -0.25) is 4.79 Å². The molecule has 4 nitrogen and oxygen atoms in total. The molecule has 0 atom stereocenters. The lowest BCUT2D eigenvalue weighted by Crippen LogP contribution is -2.35. The predicted octanol–water partition coefficient (Wildman–Crippen LogP) is -0.0320. The number of nitriles is 1. The van der Waals surface area contributed by atoms with E-state index in [-0.39, 0.29) is 5.91 Å². The van der Waals surface area contributed by atoms with Gasteiger partial charge in [0.1, 0.15) is 0 Å². The monoisotopic (exact) mass is 169 g/mol. The molecule has 0 saturated heterocycles. The van der Waals surface area contributed by atoms with Crippen molar-refractivity contribution in [2.75, 3.05) is 26.7 Å². The molecule has 12 heavy (non-hydrogen) atoms. The first-order chi connectivity index (χ1) is 5.72. The molecule has 0 radical (unpaired) electrons. The van der Waals surface area contributed by atoms with E-state index in [4.69, 9.17) is 5.26 Å². The molecule has 1 amide bonds. The Kier molecular flexibility index (Phi) is 6.02. The summed E-state index contributed by atoms with van der Waals surface area (Å²) in [5.74, 6) is 0.0344. The fourth-order valence-electron chi connectivity index (χ4n) is 0.709. The Morgan fingerprint density at radius 1 is 1.67 bits per heavy atom. The van der Waals surface area contributed by atoms with E-state index in [1.54, 1.807) is 11.9 Å². The normalized spacial score (nSPS) is 9.08. The Bertz CT molecular complexity index is 174. The Labute approximate surface area is 73.2 Å². The largest absolute Gasteiger partial charge is 0.344 e. The third-order valence-corrected chi connectivity index (χ3v) is 1.51. The summed E-state index contributed by atoms with van der Waals surface area (Å²) in [6.07, 6.45) is 0.397. The van der Waals surface area contributed by atoms with Gasteiger partial charge in [0.15, 0.2) is 0 Å². The Morgan fingerprint density at radius 2 is 2.33 bits per heavy atom.